The van der Waals surface area contributed by atoms with Gasteiger partial charge in [-0.25, -0.2) is 0 Å². The zero-order valence-electron chi connectivity index (χ0n) is 10.4. The Hall–Kier alpha value is -1.68. The van der Waals surface area contributed by atoms with Crippen molar-refractivity contribution in [1.82, 2.24) is 4.90 Å². The number of hydrogen-bond donors (Lipinski definition) is 0. The molecule has 4 heteroatoms. The van der Waals surface area contributed by atoms with Crippen LogP contribution < -0.4 is 0 Å². The fourth-order valence-corrected chi connectivity index (χ4v) is 2.63. The summed E-state index contributed by atoms with van der Waals surface area (Å²) < 4.78 is 5.49. The average molecular weight is 245 g/mol. The maximum Gasteiger partial charge on any atom is 0.261 e. The lowest BCUT2D eigenvalue weighted by molar-refractivity contribution is 0.0572. The molecule has 1 fully saturated rings. The molecule has 18 heavy (non-hydrogen) atoms. The van der Waals surface area contributed by atoms with Gasteiger partial charge in [0.1, 0.15) is 6.10 Å². The predicted molar refractivity (Wildman–Crippen MR) is 65.4 cm³/mol. The molecule has 0 bridgehead atoms. The Morgan fingerprint density at radius 1 is 1.22 bits per heavy atom. The van der Waals surface area contributed by atoms with Gasteiger partial charge in [-0.2, -0.15) is 0 Å². The number of amides is 2. The second-order valence-corrected chi connectivity index (χ2v) is 4.81. The summed E-state index contributed by atoms with van der Waals surface area (Å²) in [7, 11) is 0. The lowest BCUT2D eigenvalue weighted by Gasteiger charge is -2.20. The van der Waals surface area contributed by atoms with E-state index in [0.717, 1.165) is 6.42 Å². The van der Waals surface area contributed by atoms with Crippen LogP contribution in [0.2, 0.25) is 0 Å². The van der Waals surface area contributed by atoms with E-state index in [9.17, 15) is 9.59 Å². The first-order valence-electron chi connectivity index (χ1n) is 6.27. The maximum absolute atomic E-state index is 12.2. The second-order valence-electron chi connectivity index (χ2n) is 4.81. The van der Waals surface area contributed by atoms with Gasteiger partial charge >= 0.3 is 0 Å². The summed E-state index contributed by atoms with van der Waals surface area (Å²) in [6.07, 6.45) is 1.10. The number of nitrogens with zero attached hydrogens (tertiary/aromatic N) is 1. The Morgan fingerprint density at radius 2 is 1.78 bits per heavy atom. The highest BCUT2D eigenvalue weighted by atomic mass is 16.6. The van der Waals surface area contributed by atoms with Crippen molar-refractivity contribution in [2.24, 2.45) is 0 Å². The van der Waals surface area contributed by atoms with E-state index in [1.54, 1.807) is 24.3 Å². The first-order chi connectivity index (χ1) is 8.65. The normalized spacial score (nSPS) is 27.3. The Morgan fingerprint density at radius 3 is 2.22 bits per heavy atom. The molecule has 2 aliphatic heterocycles. The van der Waals surface area contributed by atoms with Gasteiger partial charge in [0.05, 0.1) is 23.3 Å². The lowest BCUT2D eigenvalue weighted by atomic mass is 10.1. The van der Waals surface area contributed by atoms with Crippen molar-refractivity contribution >= 4 is 11.8 Å². The molecule has 0 N–H and O–H groups in total. The number of carbonyl (C=O) groups excluding carboxylic acids is 2. The van der Waals surface area contributed by atoms with Gasteiger partial charge in [0.25, 0.3) is 11.8 Å². The van der Waals surface area contributed by atoms with Crippen LogP contribution in [-0.2, 0) is 4.74 Å². The number of hydrogen-bond acceptors (Lipinski definition) is 3. The molecule has 2 heterocycles. The van der Waals surface area contributed by atoms with E-state index >= 15 is 0 Å². The highest BCUT2D eigenvalue weighted by molar-refractivity contribution is 6.21. The fourth-order valence-electron chi connectivity index (χ4n) is 2.63. The minimum Gasteiger partial charge on any atom is -0.367 e. The molecule has 2 aliphatic rings. The largest absolute Gasteiger partial charge is 0.367 e. The number of rotatable bonds is 3. The molecule has 1 saturated heterocycles. The number of fused-ring (bicyclic) bond motifs is 1. The third kappa shape index (κ3) is 1.49. The zero-order chi connectivity index (χ0) is 12.9. The Labute approximate surface area is 106 Å². The molecule has 94 valence electrons. The van der Waals surface area contributed by atoms with Crippen LogP contribution in [0.15, 0.2) is 24.3 Å². The third-order valence-electron chi connectivity index (χ3n) is 3.73. The fraction of sp³-hybridized carbons (Fsp3) is 0.429. The van der Waals surface area contributed by atoms with Crippen LogP contribution in [0.25, 0.3) is 0 Å². The van der Waals surface area contributed by atoms with Crippen molar-refractivity contribution in [3.63, 3.8) is 0 Å². The molecule has 2 amide bonds. The quantitative estimate of drug-likeness (QED) is 0.603. The zero-order valence-corrected chi connectivity index (χ0v) is 10.4. The van der Waals surface area contributed by atoms with Gasteiger partial charge < -0.3 is 4.74 Å². The van der Waals surface area contributed by atoms with Crippen molar-refractivity contribution in [3.8, 4) is 0 Å². The van der Waals surface area contributed by atoms with Crippen molar-refractivity contribution in [1.29, 1.82) is 0 Å². The smallest absolute Gasteiger partial charge is 0.261 e. The molecule has 1 aromatic rings. The van der Waals surface area contributed by atoms with Gasteiger partial charge in [0.15, 0.2) is 0 Å². The van der Waals surface area contributed by atoms with Crippen molar-refractivity contribution < 1.29 is 14.3 Å². The number of ether oxygens (including phenoxy) is 1. The number of benzene rings is 1. The average Bonchev–Trinajstić information content (AvgIpc) is 3.13. The minimum atomic E-state index is -0.201. The first-order valence-corrected chi connectivity index (χ1v) is 6.27. The maximum atomic E-state index is 12.2. The van der Waals surface area contributed by atoms with Crippen LogP contribution in [-0.4, -0.2) is 35.0 Å². The molecule has 0 aliphatic carbocycles. The third-order valence-corrected chi connectivity index (χ3v) is 3.73. The summed E-state index contributed by atoms with van der Waals surface area (Å²) in [5.41, 5.74) is 1.01. The number of epoxide rings is 1. The summed E-state index contributed by atoms with van der Waals surface area (Å²) >= 11 is 0. The van der Waals surface area contributed by atoms with E-state index in [1.165, 1.54) is 4.90 Å². The van der Waals surface area contributed by atoms with E-state index in [4.69, 9.17) is 4.74 Å². The van der Waals surface area contributed by atoms with Crippen LogP contribution in [0.5, 0.6) is 0 Å². The number of imide groups is 1. The molecular formula is C14H15NO3. The summed E-state index contributed by atoms with van der Waals surface area (Å²) in [6, 6.07) is 6.77. The summed E-state index contributed by atoms with van der Waals surface area (Å²) in [5.74, 6) is -0.401. The van der Waals surface area contributed by atoms with Crippen molar-refractivity contribution in [2.45, 2.75) is 38.5 Å². The molecule has 3 rings (SSSR count). The molecule has 3 unspecified atom stereocenters. The molecule has 1 aromatic carbocycles. The predicted octanol–water partition coefficient (Wildman–Crippen LogP) is 1.85. The van der Waals surface area contributed by atoms with E-state index in [2.05, 4.69) is 0 Å². The summed E-state index contributed by atoms with van der Waals surface area (Å²) in [6.45, 7) is 3.92. The van der Waals surface area contributed by atoms with Crippen molar-refractivity contribution in [3.05, 3.63) is 35.4 Å². The van der Waals surface area contributed by atoms with Crippen LogP contribution in [0.4, 0.5) is 0 Å². The van der Waals surface area contributed by atoms with Gasteiger partial charge in [-0.1, -0.05) is 19.1 Å². The monoisotopic (exact) mass is 245 g/mol. The van der Waals surface area contributed by atoms with Gasteiger partial charge in [0, 0.05) is 0 Å². The molecular weight excluding hydrogens is 230 g/mol. The van der Waals surface area contributed by atoms with Gasteiger partial charge in [-0.05, 0) is 25.5 Å². The standard InChI is InChI=1S/C14H15NO3/c1-3-11-12(18-11)8(2)15-13(16)9-6-4-5-7-10(9)14(15)17/h4-8,11-12H,3H2,1-2H3. The van der Waals surface area contributed by atoms with E-state index < -0.39 is 0 Å². The first kappa shape index (κ1) is 11.4. The van der Waals surface area contributed by atoms with Crippen LogP contribution in [0.3, 0.4) is 0 Å². The lowest BCUT2D eigenvalue weighted by Crippen LogP contribution is -2.41. The molecule has 3 atom stereocenters. The number of carbonyl (C=O) groups is 2. The second kappa shape index (κ2) is 3.92. The van der Waals surface area contributed by atoms with E-state index in [-0.39, 0.29) is 30.1 Å². The van der Waals surface area contributed by atoms with E-state index in [0.29, 0.717) is 11.1 Å². The topological polar surface area (TPSA) is 49.9 Å². The Kier molecular flexibility index (Phi) is 2.48. The van der Waals surface area contributed by atoms with Gasteiger partial charge in [-0.15, -0.1) is 0 Å². The van der Waals surface area contributed by atoms with Gasteiger partial charge in [0.2, 0.25) is 0 Å². The summed E-state index contributed by atoms with van der Waals surface area (Å²) in [4.78, 5) is 25.8. The van der Waals surface area contributed by atoms with Gasteiger partial charge in [-0.3, -0.25) is 14.5 Å². The van der Waals surface area contributed by atoms with Crippen LogP contribution >= 0.6 is 0 Å². The SMILES string of the molecule is CCC1OC1C(C)N1C(=O)c2ccccc2C1=O. The van der Waals surface area contributed by atoms with Crippen LogP contribution in [0.1, 0.15) is 41.0 Å². The molecule has 0 radical (unpaired) electrons. The van der Waals surface area contributed by atoms with Crippen molar-refractivity contribution in [2.75, 3.05) is 0 Å². The van der Waals surface area contributed by atoms with E-state index in [1.807, 2.05) is 13.8 Å². The molecule has 0 saturated carbocycles. The summed E-state index contributed by atoms with van der Waals surface area (Å²) in [5, 5.41) is 0. The molecule has 0 spiro atoms. The Bertz CT molecular complexity index is 491. The highest BCUT2D eigenvalue weighted by Crippen LogP contribution is 2.34. The molecule has 4 nitrogen and oxygen atoms in total. The minimum absolute atomic E-state index is 0.00258. The molecule has 0 aromatic heterocycles. The highest BCUT2D eigenvalue weighted by Gasteiger charge is 2.49. The van der Waals surface area contributed by atoms with Crippen LogP contribution in [0, 0.1) is 0 Å². The Balaban J connectivity index is 1.88.